The van der Waals surface area contributed by atoms with Crippen molar-refractivity contribution >= 4 is 0 Å². The summed E-state index contributed by atoms with van der Waals surface area (Å²) in [4.78, 5) is 22.5. The number of hydrogen-bond acceptors (Lipinski definition) is 5. The Kier molecular flexibility index (Phi) is 4.17. The lowest BCUT2D eigenvalue weighted by Crippen LogP contribution is -2.23. The summed E-state index contributed by atoms with van der Waals surface area (Å²) in [5.41, 5.74) is -1.45. The van der Waals surface area contributed by atoms with Crippen LogP contribution in [-0.2, 0) is 11.6 Å². The third-order valence-corrected chi connectivity index (χ3v) is 3.94. The molecule has 136 valence electrons. The largest absolute Gasteiger partial charge is 0.433 e. The molecule has 0 atom stereocenters. The van der Waals surface area contributed by atoms with Gasteiger partial charge in [-0.3, -0.25) is 4.79 Å². The van der Waals surface area contributed by atoms with Gasteiger partial charge in [0.15, 0.2) is 0 Å². The maximum absolute atomic E-state index is 12.9. The first-order valence-electron chi connectivity index (χ1n) is 7.68. The second-order valence-electron chi connectivity index (χ2n) is 6.34. The molecule has 0 aliphatic heterocycles. The van der Waals surface area contributed by atoms with Gasteiger partial charge in [0.2, 0.25) is 11.7 Å². The quantitative estimate of drug-likeness (QED) is 0.769. The maximum Gasteiger partial charge on any atom is 0.433 e. The van der Waals surface area contributed by atoms with Crippen molar-refractivity contribution in [2.75, 3.05) is 0 Å². The van der Waals surface area contributed by atoms with E-state index in [0.717, 1.165) is 6.07 Å². The van der Waals surface area contributed by atoms with E-state index in [9.17, 15) is 18.0 Å². The predicted molar refractivity (Wildman–Crippen MR) is 86.5 cm³/mol. The number of aromatic amines is 1. The fraction of sp³-hybridized carbons (Fsp3) is 0.294. The van der Waals surface area contributed by atoms with Crippen molar-refractivity contribution in [1.29, 1.82) is 0 Å². The predicted octanol–water partition coefficient (Wildman–Crippen LogP) is 3.47. The van der Waals surface area contributed by atoms with Crippen molar-refractivity contribution in [3.8, 4) is 11.4 Å². The van der Waals surface area contributed by atoms with E-state index in [1.807, 2.05) is 0 Å². The van der Waals surface area contributed by atoms with Gasteiger partial charge in [0, 0.05) is 5.69 Å². The highest BCUT2D eigenvalue weighted by molar-refractivity contribution is 5.52. The van der Waals surface area contributed by atoms with Gasteiger partial charge in [0.25, 0.3) is 5.56 Å². The highest BCUT2D eigenvalue weighted by Crippen LogP contribution is 2.33. The van der Waals surface area contributed by atoms with E-state index in [4.69, 9.17) is 4.52 Å². The summed E-state index contributed by atoms with van der Waals surface area (Å²) in [6, 6.07) is 6.86. The Hall–Kier alpha value is -2.97. The molecule has 1 N–H and O–H groups in total. The van der Waals surface area contributed by atoms with Gasteiger partial charge in [-0.15, -0.1) is 0 Å². The van der Waals surface area contributed by atoms with Gasteiger partial charge in [-0.2, -0.15) is 18.2 Å². The van der Waals surface area contributed by atoms with Crippen LogP contribution in [0.1, 0.15) is 36.8 Å². The zero-order chi connectivity index (χ0) is 19.1. The third-order valence-electron chi connectivity index (χ3n) is 3.94. The molecule has 3 aromatic rings. The molecule has 0 spiro atoms. The van der Waals surface area contributed by atoms with Gasteiger partial charge in [0.1, 0.15) is 5.69 Å². The molecule has 3 aromatic heterocycles. The molecule has 0 aromatic carbocycles. The zero-order valence-electron chi connectivity index (χ0n) is 14.2. The van der Waals surface area contributed by atoms with Crippen LogP contribution in [0.2, 0.25) is 0 Å². The number of nitrogens with one attached hydrogen (secondary N) is 1. The second-order valence-corrected chi connectivity index (χ2v) is 6.34. The minimum absolute atomic E-state index is 0.0549. The van der Waals surface area contributed by atoms with Gasteiger partial charge >= 0.3 is 6.18 Å². The topological polar surface area (TPSA) is 84.7 Å². The average molecular weight is 364 g/mol. The molecule has 0 amide bonds. The highest BCUT2D eigenvalue weighted by atomic mass is 19.4. The van der Waals surface area contributed by atoms with Crippen LogP contribution < -0.4 is 5.56 Å². The number of rotatable bonds is 3. The molecule has 0 saturated carbocycles. The lowest BCUT2D eigenvalue weighted by Gasteiger charge is -2.20. The summed E-state index contributed by atoms with van der Waals surface area (Å²) >= 11 is 0. The van der Waals surface area contributed by atoms with E-state index in [0.29, 0.717) is 5.69 Å². The van der Waals surface area contributed by atoms with Crippen LogP contribution in [0.3, 0.4) is 0 Å². The van der Waals surface area contributed by atoms with E-state index < -0.39 is 17.3 Å². The van der Waals surface area contributed by atoms with Crippen LogP contribution in [0.15, 0.2) is 39.6 Å². The Morgan fingerprint density at radius 3 is 2.38 bits per heavy atom. The second kappa shape index (κ2) is 6.08. The summed E-state index contributed by atoms with van der Waals surface area (Å²) in [5.74, 6) is 0.112. The monoisotopic (exact) mass is 364 g/mol. The van der Waals surface area contributed by atoms with Crippen LogP contribution in [0.5, 0.6) is 0 Å². The van der Waals surface area contributed by atoms with Crippen molar-refractivity contribution in [3.63, 3.8) is 0 Å². The average Bonchev–Trinajstić information content (AvgIpc) is 3.04. The molecule has 0 fully saturated rings. The summed E-state index contributed by atoms with van der Waals surface area (Å²) in [7, 11) is 0. The molecule has 0 aliphatic rings. The maximum atomic E-state index is 12.9. The molecular weight excluding hydrogens is 349 g/mol. The van der Waals surface area contributed by atoms with E-state index in [-0.39, 0.29) is 28.5 Å². The van der Waals surface area contributed by atoms with Gasteiger partial charge < -0.3 is 9.51 Å². The summed E-state index contributed by atoms with van der Waals surface area (Å²) in [5, 5.41) is 3.78. The summed E-state index contributed by atoms with van der Waals surface area (Å²) < 4.78 is 43.9. The molecule has 9 heteroatoms. The van der Waals surface area contributed by atoms with Gasteiger partial charge in [-0.25, -0.2) is 4.98 Å². The number of pyridine rings is 2. The van der Waals surface area contributed by atoms with Crippen LogP contribution >= 0.6 is 0 Å². The first kappa shape index (κ1) is 17.8. The molecule has 0 aliphatic carbocycles. The van der Waals surface area contributed by atoms with Gasteiger partial charge in [0.05, 0.1) is 16.7 Å². The molecule has 0 radical (unpaired) electrons. The van der Waals surface area contributed by atoms with E-state index in [1.54, 1.807) is 32.9 Å². The number of alkyl halides is 3. The molecule has 0 bridgehead atoms. The minimum Gasteiger partial charge on any atom is -0.338 e. The number of aromatic nitrogens is 4. The third kappa shape index (κ3) is 3.24. The zero-order valence-corrected chi connectivity index (χ0v) is 14.2. The molecule has 3 heterocycles. The Morgan fingerprint density at radius 2 is 1.73 bits per heavy atom. The fourth-order valence-electron chi connectivity index (χ4n) is 2.39. The van der Waals surface area contributed by atoms with Crippen molar-refractivity contribution in [3.05, 3.63) is 63.7 Å². The van der Waals surface area contributed by atoms with Crippen molar-refractivity contribution < 1.29 is 17.7 Å². The summed E-state index contributed by atoms with van der Waals surface area (Å²) in [6.45, 7) is 4.97. The van der Waals surface area contributed by atoms with Crippen molar-refractivity contribution in [1.82, 2.24) is 20.1 Å². The van der Waals surface area contributed by atoms with Gasteiger partial charge in [-0.1, -0.05) is 11.2 Å². The smallest absolute Gasteiger partial charge is 0.338 e. The normalized spacial score (nSPS) is 12.4. The minimum atomic E-state index is -4.55. The standard InChI is InChI=1S/C17H15F3N4O2/c1-9-7-8-10(14(25)21-9)13-23-15(26-24-13)16(2,3)11-5-4-6-12(22-11)17(18,19)20/h4-8H,1-3H3,(H,21,25). The molecular formula is C17H15F3N4O2. The van der Waals surface area contributed by atoms with Crippen LogP contribution in [0, 0.1) is 6.92 Å². The van der Waals surface area contributed by atoms with E-state index in [1.165, 1.54) is 12.1 Å². The Balaban J connectivity index is 2.01. The number of halogens is 3. The fourth-order valence-corrected chi connectivity index (χ4v) is 2.39. The first-order chi connectivity index (χ1) is 12.1. The summed E-state index contributed by atoms with van der Waals surface area (Å²) in [6.07, 6.45) is -4.55. The van der Waals surface area contributed by atoms with Crippen LogP contribution in [-0.4, -0.2) is 20.1 Å². The van der Waals surface area contributed by atoms with Gasteiger partial charge in [-0.05, 0) is 45.0 Å². The molecule has 26 heavy (non-hydrogen) atoms. The van der Waals surface area contributed by atoms with E-state index in [2.05, 4.69) is 20.1 Å². The Morgan fingerprint density at radius 1 is 1.04 bits per heavy atom. The van der Waals surface area contributed by atoms with Crippen molar-refractivity contribution in [2.24, 2.45) is 0 Å². The van der Waals surface area contributed by atoms with Crippen LogP contribution in [0.25, 0.3) is 11.4 Å². The van der Waals surface area contributed by atoms with E-state index >= 15 is 0 Å². The van der Waals surface area contributed by atoms with Crippen LogP contribution in [0.4, 0.5) is 13.2 Å². The first-order valence-corrected chi connectivity index (χ1v) is 7.68. The number of hydrogen-bond donors (Lipinski definition) is 1. The Labute approximate surface area is 146 Å². The lowest BCUT2D eigenvalue weighted by molar-refractivity contribution is -0.141. The highest BCUT2D eigenvalue weighted by Gasteiger charge is 2.36. The molecule has 0 saturated heterocycles. The van der Waals surface area contributed by atoms with Crippen molar-refractivity contribution in [2.45, 2.75) is 32.4 Å². The molecule has 6 nitrogen and oxygen atoms in total. The number of nitrogens with zero attached hydrogens (tertiary/aromatic N) is 3. The number of aryl methyl sites for hydroxylation is 1. The number of H-pyrrole nitrogens is 1. The SMILES string of the molecule is Cc1ccc(-c2noc(C(C)(C)c3cccc(C(F)(F)F)n3)n2)c(=O)[nH]1. The lowest BCUT2D eigenvalue weighted by atomic mass is 9.88. The Bertz CT molecular complexity index is 1010. The molecule has 3 rings (SSSR count). The molecule has 0 unspecified atom stereocenters.